The van der Waals surface area contributed by atoms with Crippen LogP contribution in [0.2, 0.25) is 0 Å². The van der Waals surface area contributed by atoms with Crippen molar-refractivity contribution in [2.45, 2.75) is 57.3 Å². The Balaban J connectivity index is 1.47. The van der Waals surface area contributed by atoms with Gasteiger partial charge in [-0.3, -0.25) is 4.90 Å². The number of benzene rings is 2. The van der Waals surface area contributed by atoms with Crippen molar-refractivity contribution in [1.82, 2.24) is 4.90 Å². The molecule has 1 saturated heterocycles. The minimum Gasteiger partial charge on any atom is -0.435 e. The Bertz CT molecular complexity index is 790. The molecule has 2 aromatic rings. The summed E-state index contributed by atoms with van der Waals surface area (Å²) in [6.45, 7) is -1.78. The van der Waals surface area contributed by atoms with E-state index in [2.05, 4.69) is 46.0 Å². The summed E-state index contributed by atoms with van der Waals surface area (Å²) in [5.74, 6) is 0.241. The van der Waals surface area contributed by atoms with E-state index in [1.807, 2.05) is 6.07 Å². The standard InChI is InChI=1S/C23H25F2NO/c24-23(25)27-22-11-4-8-18(15-22)12-19-13-20-9-5-10-21(14-19)26(20)16-17-6-2-1-3-7-17/h1-4,6-8,11,13,15,20-21,23H,5,9-10,12,14,16H2. The molecule has 0 N–H and O–H groups in total. The lowest BCUT2D eigenvalue weighted by atomic mass is 9.83. The molecule has 2 heterocycles. The van der Waals surface area contributed by atoms with Gasteiger partial charge in [0.25, 0.3) is 0 Å². The predicted octanol–water partition coefficient (Wildman–Crippen LogP) is 5.58. The summed E-state index contributed by atoms with van der Waals surface area (Å²) in [6, 6.07) is 18.8. The monoisotopic (exact) mass is 369 g/mol. The maximum Gasteiger partial charge on any atom is 0.387 e. The van der Waals surface area contributed by atoms with Crippen molar-refractivity contribution in [3.8, 4) is 5.75 Å². The first-order valence-electron chi connectivity index (χ1n) is 9.70. The molecule has 2 aliphatic rings. The number of hydrogen-bond donors (Lipinski definition) is 0. The molecule has 2 nitrogen and oxygen atoms in total. The molecule has 4 heteroatoms. The van der Waals surface area contributed by atoms with Crippen LogP contribution in [0.4, 0.5) is 8.78 Å². The maximum absolute atomic E-state index is 12.4. The molecule has 0 aromatic heterocycles. The van der Waals surface area contributed by atoms with Crippen LogP contribution in [-0.4, -0.2) is 23.6 Å². The quantitative estimate of drug-likeness (QED) is 0.616. The van der Waals surface area contributed by atoms with Crippen molar-refractivity contribution in [1.29, 1.82) is 0 Å². The van der Waals surface area contributed by atoms with Crippen molar-refractivity contribution < 1.29 is 13.5 Å². The molecular formula is C23H25F2NO. The fourth-order valence-electron chi connectivity index (χ4n) is 4.47. The Hall–Kier alpha value is -2.20. The van der Waals surface area contributed by atoms with Crippen LogP contribution in [0.3, 0.4) is 0 Å². The SMILES string of the molecule is FC(F)Oc1cccc(CC2=CC3CCCC(C2)N3Cc2ccccc2)c1. The lowest BCUT2D eigenvalue weighted by Crippen LogP contribution is -2.48. The smallest absolute Gasteiger partial charge is 0.387 e. The van der Waals surface area contributed by atoms with Gasteiger partial charge < -0.3 is 4.74 Å². The zero-order valence-corrected chi connectivity index (χ0v) is 15.4. The van der Waals surface area contributed by atoms with Crippen LogP contribution in [-0.2, 0) is 13.0 Å². The summed E-state index contributed by atoms with van der Waals surface area (Å²) in [4.78, 5) is 2.64. The molecule has 0 saturated carbocycles. The van der Waals surface area contributed by atoms with Gasteiger partial charge in [0, 0.05) is 18.6 Å². The topological polar surface area (TPSA) is 12.5 Å². The van der Waals surface area contributed by atoms with Gasteiger partial charge in [0.15, 0.2) is 0 Å². The first kappa shape index (κ1) is 18.2. The van der Waals surface area contributed by atoms with Gasteiger partial charge in [-0.15, -0.1) is 0 Å². The van der Waals surface area contributed by atoms with Gasteiger partial charge in [-0.25, -0.2) is 0 Å². The summed E-state index contributed by atoms with van der Waals surface area (Å²) < 4.78 is 29.4. The van der Waals surface area contributed by atoms with Crippen LogP contribution in [0.25, 0.3) is 0 Å². The average Bonchev–Trinajstić information content (AvgIpc) is 2.63. The van der Waals surface area contributed by atoms with E-state index in [0.717, 1.165) is 24.9 Å². The highest BCUT2D eigenvalue weighted by molar-refractivity contribution is 5.33. The number of halogens is 2. The number of nitrogens with zero attached hydrogens (tertiary/aromatic N) is 1. The van der Waals surface area contributed by atoms with E-state index >= 15 is 0 Å². The van der Waals surface area contributed by atoms with Crippen LogP contribution in [0.15, 0.2) is 66.2 Å². The zero-order valence-electron chi connectivity index (χ0n) is 15.4. The first-order valence-corrected chi connectivity index (χ1v) is 9.70. The summed E-state index contributed by atoms with van der Waals surface area (Å²) in [5.41, 5.74) is 3.82. The predicted molar refractivity (Wildman–Crippen MR) is 103 cm³/mol. The third-order valence-corrected chi connectivity index (χ3v) is 5.62. The lowest BCUT2D eigenvalue weighted by Gasteiger charge is -2.45. The van der Waals surface area contributed by atoms with Crippen LogP contribution < -0.4 is 4.74 Å². The molecule has 2 aromatic carbocycles. The molecule has 27 heavy (non-hydrogen) atoms. The third-order valence-electron chi connectivity index (χ3n) is 5.62. The van der Waals surface area contributed by atoms with E-state index < -0.39 is 6.61 Å². The number of piperidine rings is 1. The molecule has 0 radical (unpaired) electrons. The molecule has 0 aliphatic carbocycles. The van der Waals surface area contributed by atoms with Crippen molar-refractivity contribution in [3.63, 3.8) is 0 Å². The highest BCUT2D eigenvalue weighted by Crippen LogP contribution is 2.35. The third kappa shape index (κ3) is 4.56. The number of fused-ring (bicyclic) bond motifs is 2. The molecule has 2 atom stereocenters. The Morgan fingerprint density at radius 2 is 1.81 bits per heavy atom. The molecule has 0 amide bonds. The van der Waals surface area contributed by atoms with Gasteiger partial charge >= 0.3 is 6.61 Å². The fourth-order valence-corrected chi connectivity index (χ4v) is 4.47. The molecule has 142 valence electrons. The number of rotatable bonds is 6. The van der Waals surface area contributed by atoms with Crippen LogP contribution in [0.5, 0.6) is 5.75 Å². The molecule has 2 aliphatic heterocycles. The van der Waals surface area contributed by atoms with Crippen LogP contribution in [0.1, 0.15) is 36.8 Å². The van der Waals surface area contributed by atoms with Gasteiger partial charge in [-0.05, 0) is 48.9 Å². The summed E-state index contributed by atoms with van der Waals surface area (Å²) in [7, 11) is 0. The second kappa shape index (κ2) is 8.22. The summed E-state index contributed by atoms with van der Waals surface area (Å²) in [6.07, 6.45) is 7.99. The van der Waals surface area contributed by atoms with E-state index in [0.29, 0.717) is 12.1 Å². The van der Waals surface area contributed by atoms with E-state index in [1.165, 1.54) is 30.4 Å². The van der Waals surface area contributed by atoms with Gasteiger partial charge in [-0.1, -0.05) is 60.5 Å². The van der Waals surface area contributed by atoms with Gasteiger partial charge in [0.2, 0.25) is 0 Å². The van der Waals surface area contributed by atoms with Crippen LogP contribution in [0, 0.1) is 0 Å². The molecule has 1 fully saturated rings. The van der Waals surface area contributed by atoms with Gasteiger partial charge in [0.05, 0.1) is 0 Å². The minimum atomic E-state index is -2.78. The molecule has 0 spiro atoms. The number of ether oxygens (including phenoxy) is 1. The summed E-state index contributed by atoms with van der Waals surface area (Å²) >= 11 is 0. The normalized spacial score (nSPS) is 22.6. The Morgan fingerprint density at radius 1 is 1.00 bits per heavy atom. The zero-order chi connectivity index (χ0) is 18.6. The minimum absolute atomic E-state index is 0.241. The van der Waals surface area contributed by atoms with E-state index in [9.17, 15) is 8.78 Å². The highest BCUT2D eigenvalue weighted by Gasteiger charge is 2.33. The Labute approximate surface area is 159 Å². The van der Waals surface area contributed by atoms with Crippen molar-refractivity contribution >= 4 is 0 Å². The lowest BCUT2D eigenvalue weighted by molar-refractivity contribution is -0.0498. The van der Waals surface area contributed by atoms with Crippen molar-refractivity contribution in [3.05, 3.63) is 77.4 Å². The average molecular weight is 369 g/mol. The fraction of sp³-hybridized carbons (Fsp3) is 0.391. The van der Waals surface area contributed by atoms with E-state index in [1.54, 1.807) is 18.2 Å². The number of hydrogen-bond acceptors (Lipinski definition) is 2. The van der Waals surface area contributed by atoms with E-state index in [-0.39, 0.29) is 5.75 Å². The van der Waals surface area contributed by atoms with E-state index in [4.69, 9.17) is 0 Å². The number of alkyl halides is 2. The largest absolute Gasteiger partial charge is 0.435 e. The summed E-state index contributed by atoms with van der Waals surface area (Å²) in [5, 5.41) is 0. The van der Waals surface area contributed by atoms with Gasteiger partial charge in [-0.2, -0.15) is 8.78 Å². The van der Waals surface area contributed by atoms with Gasteiger partial charge in [0.1, 0.15) is 5.75 Å². The molecule has 4 rings (SSSR count). The Morgan fingerprint density at radius 3 is 2.59 bits per heavy atom. The molecule has 2 bridgehead atoms. The first-order chi connectivity index (χ1) is 13.2. The highest BCUT2D eigenvalue weighted by atomic mass is 19.3. The van der Waals surface area contributed by atoms with Crippen molar-refractivity contribution in [2.24, 2.45) is 0 Å². The maximum atomic E-state index is 12.4. The molecule has 2 unspecified atom stereocenters. The molecular weight excluding hydrogens is 344 g/mol. The second-order valence-electron chi connectivity index (χ2n) is 7.54. The van der Waals surface area contributed by atoms with Crippen LogP contribution >= 0.6 is 0 Å². The Kier molecular flexibility index (Phi) is 5.53. The van der Waals surface area contributed by atoms with Crippen molar-refractivity contribution in [2.75, 3.05) is 0 Å². The second-order valence-corrected chi connectivity index (χ2v) is 7.54.